The average molecular weight is 371 g/mol. The summed E-state index contributed by atoms with van der Waals surface area (Å²) in [6.45, 7) is 2.06. The molecule has 0 spiro atoms. The van der Waals surface area contributed by atoms with Crippen molar-refractivity contribution < 1.29 is 13.9 Å². The van der Waals surface area contributed by atoms with E-state index in [1.807, 2.05) is 0 Å². The number of nitrogens with zero attached hydrogens (tertiary/aromatic N) is 4. The maximum atomic E-state index is 11.4. The number of nitrogens with one attached hydrogen (secondary N) is 1. The van der Waals surface area contributed by atoms with Crippen LogP contribution in [-0.4, -0.2) is 38.8 Å². The standard InChI is InChI=1S/C17H17N5O3S/c1-2-24-15(23)5-14-21-22-16(25-14)12-6-18-17(19-7-12)20-13-3-10-8-26-9-11(10)4-13/h6-9,13H,2-5H2,1H3,(H,18,19,20). The molecule has 0 bridgehead atoms. The Hall–Kier alpha value is -2.81. The van der Waals surface area contributed by atoms with Crippen molar-refractivity contribution in [2.45, 2.75) is 32.2 Å². The molecule has 4 rings (SSSR count). The fourth-order valence-electron chi connectivity index (χ4n) is 2.89. The molecular weight excluding hydrogens is 354 g/mol. The summed E-state index contributed by atoms with van der Waals surface area (Å²) in [6.07, 6.45) is 5.19. The summed E-state index contributed by atoms with van der Waals surface area (Å²) in [5, 5.41) is 15.5. The first kappa shape index (κ1) is 16.6. The van der Waals surface area contributed by atoms with Crippen molar-refractivity contribution in [1.29, 1.82) is 0 Å². The number of carbonyl (C=O) groups excluding carboxylic acids is 1. The van der Waals surface area contributed by atoms with Gasteiger partial charge in [-0.05, 0) is 41.7 Å². The minimum absolute atomic E-state index is 0.0486. The van der Waals surface area contributed by atoms with Crippen LogP contribution in [0.2, 0.25) is 0 Å². The van der Waals surface area contributed by atoms with E-state index in [1.165, 1.54) is 11.1 Å². The van der Waals surface area contributed by atoms with E-state index < -0.39 is 5.97 Å². The maximum Gasteiger partial charge on any atom is 0.315 e. The van der Waals surface area contributed by atoms with Gasteiger partial charge in [-0.3, -0.25) is 4.79 Å². The third-order valence-electron chi connectivity index (χ3n) is 4.07. The Labute approximate surface area is 153 Å². The van der Waals surface area contributed by atoms with Crippen LogP contribution >= 0.6 is 11.3 Å². The number of hydrogen-bond acceptors (Lipinski definition) is 9. The fourth-order valence-corrected chi connectivity index (χ4v) is 3.78. The van der Waals surface area contributed by atoms with Crippen LogP contribution in [0.4, 0.5) is 5.95 Å². The lowest BCUT2D eigenvalue weighted by Crippen LogP contribution is -2.21. The lowest BCUT2D eigenvalue weighted by atomic mass is 10.2. The molecule has 0 atom stereocenters. The Morgan fingerprint density at radius 2 is 2.00 bits per heavy atom. The van der Waals surface area contributed by atoms with E-state index in [2.05, 4.69) is 36.2 Å². The molecule has 1 aliphatic carbocycles. The highest BCUT2D eigenvalue weighted by atomic mass is 32.1. The molecule has 0 aromatic carbocycles. The molecule has 0 unspecified atom stereocenters. The van der Waals surface area contributed by atoms with Crippen LogP contribution in [0.25, 0.3) is 11.5 Å². The summed E-state index contributed by atoms with van der Waals surface area (Å²) in [5.74, 6) is 0.651. The third kappa shape index (κ3) is 3.57. The summed E-state index contributed by atoms with van der Waals surface area (Å²) in [5.41, 5.74) is 3.41. The van der Waals surface area contributed by atoms with Gasteiger partial charge in [-0.15, -0.1) is 10.2 Å². The van der Waals surface area contributed by atoms with Gasteiger partial charge < -0.3 is 14.5 Å². The Morgan fingerprint density at radius 1 is 1.27 bits per heavy atom. The normalized spacial score (nSPS) is 13.6. The highest BCUT2D eigenvalue weighted by molar-refractivity contribution is 7.08. The van der Waals surface area contributed by atoms with Crippen molar-refractivity contribution in [3.05, 3.63) is 40.2 Å². The first-order valence-corrected chi connectivity index (χ1v) is 9.26. The van der Waals surface area contributed by atoms with Crippen molar-refractivity contribution in [3.63, 3.8) is 0 Å². The van der Waals surface area contributed by atoms with E-state index in [0.29, 0.717) is 24.2 Å². The molecule has 1 N–H and O–H groups in total. The van der Waals surface area contributed by atoms with Crippen LogP contribution in [0.15, 0.2) is 27.6 Å². The fraction of sp³-hybridized carbons (Fsp3) is 0.353. The molecule has 8 nitrogen and oxygen atoms in total. The Kier molecular flexibility index (Phi) is 4.61. The molecule has 3 heterocycles. The highest BCUT2D eigenvalue weighted by Crippen LogP contribution is 2.27. The number of carbonyl (C=O) groups is 1. The zero-order chi connectivity index (χ0) is 17.9. The molecule has 9 heteroatoms. The van der Waals surface area contributed by atoms with Gasteiger partial charge in [-0.1, -0.05) is 0 Å². The molecule has 0 fully saturated rings. The lowest BCUT2D eigenvalue weighted by molar-refractivity contribution is -0.142. The largest absolute Gasteiger partial charge is 0.466 e. The Balaban J connectivity index is 1.38. The van der Waals surface area contributed by atoms with Crippen molar-refractivity contribution in [1.82, 2.24) is 20.2 Å². The van der Waals surface area contributed by atoms with Crippen LogP contribution in [0.3, 0.4) is 0 Å². The van der Waals surface area contributed by atoms with Gasteiger partial charge in [-0.25, -0.2) is 9.97 Å². The van der Waals surface area contributed by atoms with E-state index in [9.17, 15) is 4.79 Å². The molecule has 0 saturated carbocycles. The average Bonchev–Trinajstić information content (AvgIpc) is 3.32. The van der Waals surface area contributed by atoms with E-state index in [1.54, 1.807) is 30.7 Å². The number of rotatable bonds is 6. The van der Waals surface area contributed by atoms with Crippen LogP contribution in [-0.2, 0) is 28.8 Å². The summed E-state index contributed by atoms with van der Waals surface area (Å²) in [7, 11) is 0. The van der Waals surface area contributed by atoms with Gasteiger partial charge in [0.25, 0.3) is 5.89 Å². The topological polar surface area (TPSA) is 103 Å². The second-order valence-electron chi connectivity index (χ2n) is 5.95. The quantitative estimate of drug-likeness (QED) is 0.658. The van der Waals surface area contributed by atoms with Gasteiger partial charge in [0.05, 0.1) is 12.2 Å². The number of ether oxygens (including phenoxy) is 1. The number of anilines is 1. The van der Waals surface area contributed by atoms with E-state index in [4.69, 9.17) is 9.15 Å². The van der Waals surface area contributed by atoms with Gasteiger partial charge in [0, 0.05) is 18.4 Å². The maximum absolute atomic E-state index is 11.4. The molecule has 1 aliphatic rings. The second kappa shape index (κ2) is 7.20. The molecule has 0 amide bonds. The minimum atomic E-state index is -0.400. The number of esters is 1. The first-order valence-electron chi connectivity index (χ1n) is 8.32. The van der Waals surface area contributed by atoms with Gasteiger partial charge in [0.1, 0.15) is 6.42 Å². The van der Waals surface area contributed by atoms with Gasteiger partial charge >= 0.3 is 5.97 Å². The zero-order valence-electron chi connectivity index (χ0n) is 14.1. The molecule has 3 aromatic rings. The van der Waals surface area contributed by atoms with Gasteiger partial charge in [0.15, 0.2) is 0 Å². The monoisotopic (exact) mass is 371 g/mol. The SMILES string of the molecule is CCOC(=O)Cc1nnc(-c2cnc(NC3Cc4cscc4C3)nc2)o1. The lowest BCUT2D eigenvalue weighted by Gasteiger charge is -2.11. The van der Waals surface area contributed by atoms with Crippen LogP contribution in [0.1, 0.15) is 23.9 Å². The molecule has 0 saturated heterocycles. The highest BCUT2D eigenvalue weighted by Gasteiger charge is 2.22. The van der Waals surface area contributed by atoms with Gasteiger partial charge in [0.2, 0.25) is 11.8 Å². The molecule has 134 valence electrons. The molecule has 0 aliphatic heterocycles. The number of hydrogen-bond donors (Lipinski definition) is 1. The van der Waals surface area contributed by atoms with E-state index in [0.717, 1.165) is 12.8 Å². The Bertz CT molecular complexity index is 885. The van der Waals surface area contributed by atoms with Crippen LogP contribution < -0.4 is 5.32 Å². The molecule has 26 heavy (non-hydrogen) atoms. The van der Waals surface area contributed by atoms with Crippen molar-refractivity contribution in [2.24, 2.45) is 0 Å². The molecule has 0 radical (unpaired) electrons. The van der Waals surface area contributed by atoms with Crippen molar-refractivity contribution >= 4 is 23.3 Å². The zero-order valence-corrected chi connectivity index (χ0v) is 15.0. The molecular formula is C17H17N5O3S. The second-order valence-corrected chi connectivity index (χ2v) is 6.69. The predicted octanol–water partition coefficient (Wildman–Crippen LogP) is 2.27. The third-order valence-corrected chi connectivity index (χ3v) is 4.91. The van der Waals surface area contributed by atoms with Crippen LogP contribution in [0, 0.1) is 0 Å². The van der Waals surface area contributed by atoms with E-state index in [-0.39, 0.29) is 18.2 Å². The minimum Gasteiger partial charge on any atom is -0.466 e. The molecule has 3 aromatic heterocycles. The van der Waals surface area contributed by atoms with Crippen molar-refractivity contribution in [2.75, 3.05) is 11.9 Å². The van der Waals surface area contributed by atoms with Crippen LogP contribution in [0.5, 0.6) is 0 Å². The Morgan fingerprint density at radius 3 is 2.69 bits per heavy atom. The number of thiophene rings is 1. The number of aromatic nitrogens is 4. The first-order chi connectivity index (χ1) is 12.7. The summed E-state index contributed by atoms with van der Waals surface area (Å²) < 4.78 is 10.3. The van der Waals surface area contributed by atoms with E-state index >= 15 is 0 Å². The van der Waals surface area contributed by atoms with Gasteiger partial charge in [-0.2, -0.15) is 11.3 Å². The predicted molar refractivity (Wildman–Crippen MR) is 94.8 cm³/mol. The summed E-state index contributed by atoms with van der Waals surface area (Å²) in [4.78, 5) is 20.1. The summed E-state index contributed by atoms with van der Waals surface area (Å²) >= 11 is 1.75. The number of fused-ring (bicyclic) bond motifs is 1. The van der Waals surface area contributed by atoms with Crippen molar-refractivity contribution in [3.8, 4) is 11.5 Å². The summed E-state index contributed by atoms with van der Waals surface area (Å²) in [6, 6.07) is 0.318. The smallest absolute Gasteiger partial charge is 0.315 e.